The largest absolute Gasteiger partial charge is 0.382 e. The molecule has 1 amide bonds. The Morgan fingerprint density at radius 2 is 2.26 bits per heavy atom. The highest BCUT2D eigenvalue weighted by Crippen LogP contribution is 2.24. The van der Waals surface area contributed by atoms with Gasteiger partial charge in [0, 0.05) is 29.1 Å². The highest BCUT2D eigenvalue weighted by molar-refractivity contribution is 9.10. The van der Waals surface area contributed by atoms with Crippen molar-refractivity contribution in [1.29, 1.82) is 0 Å². The van der Waals surface area contributed by atoms with Gasteiger partial charge in [0.2, 0.25) is 5.91 Å². The van der Waals surface area contributed by atoms with Gasteiger partial charge in [0.15, 0.2) is 0 Å². The van der Waals surface area contributed by atoms with Crippen molar-refractivity contribution in [1.82, 2.24) is 5.32 Å². The van der Waals surface area contributed by atoms with Crippen molar-refractivity contribution < 1.29 is 9.53 Å². The van der Waals surface area contributed by atoms with Gasteiger partial charge < -0.3 is 10.1 Å². The quantitative estimate of drug-likeness (QED) is 0.579. The Hall–Kier alpha value is -0.520. The van der Waals surface area contributed by atoms with E-state index in [0.717, 1.165) is 22.4 Å². The standard InChI is InChI=1S/C14H20BrNO2S/c1-3-18-8-4-7-16-14(17)10-19-13-6-5-12(15)9-11(13)2/h5-6,9H,3-4,7-8,10H2,1-2H3,(H,16,17). The van der Waals surface area contributed by atoms with Crippen molar-refractivity contribution >= 4 is 33.6 Å². The maximum Gasteiger partial charge on any atom is 0.230 e. The summed E-state index contributed by atoms with van der Waals surface area (Å²) in [6, 6.07) is 6.09. The molecule has 0 aliphatic carbocycles. The molecule has 1 rings (SSSR count). The highest BCUT2D eigenvalue weighted by Gasteiger charge is 2.04. The Morgan fingerprint density at radius 1 is 1.47 bits per heavy atom. The van der Waals surface area contributed by atoms with Crippen LogP contribution in [0.15, 0.2) is 27.6 Å². The molecule has 106 valence electrons. The molecule has 0 atom stereocenters. The van der Waals surface area contributed by atoms with Gasteiger partial charge in [0.1, 0.15) is 0 Å². The van der Waals surface area contributed by atoms with Crippen LogP contribution in [0, 0.1) is 6.92 Å². The molecular formula is C14H20BrNO2S. The first-order valence-corrected chi connectivity index (χ1v) is 8.14. The van der Waals surface area contributed by atoms with E-state index < -0.39 is 0 Å². The smallest absolute Gasteiger partial charge is 0.230 e. The van der Waals surface area contributed by atoms with Crippen molar-refractivity contribution in [3.63, 3.8) is 0 Å². The summed E-state index contributed by atoms with van der Waals surface area (Å²) in [5.41, 5.74) is 1.18. The van der Waals surface area contributed by atoms with Crippen LogP contribution < -0.4 is 5.32 Å². The molecule has 0 unspecified atom stereocenters. The summed E-state index contributed by atoms with van der Waals surface area (Å²) in [4.78, 5) is 12.8. The van der Waals surface area contributed by atoms with Gasteiger partial charge in [0.05, 0.1) is 5.75 Å². The number of aryl methyl sites for hydroxylation is 1. The fourth-order valence-electron chi connectivity index (χ4n) is 1.52. The zero-order chi connectivity index (χ0) is 14.1. The van der Waals surface area contributed by atoms with Gasteiger partial charge >= 0.3 is 0 Å². The van der Waals surface area contributed by atoms with Crippen molar-refractivity contribution in [2.75, 3.05) is 25.5 Å². The van der Waals surface area contributed by atoms with E-state index in [0.29, 0.717) is 18.9 Å². The lowest BCUT2D eigenvalue weighted by atomic mass is 10.2. The fraction of sp³-hybridized carbons (Fsp3) is 0.500. The number of carbonyl (C=O) groups is 1. The molecule has 0 bridgehead atoms. The SMILES string of the molecule is CCOCCCNC(=O)CSc1ccc(Br)cc1C. The minimum Gasteiger partial charge on any atom is -0.382 e. The van der Waals surface area contributed by atoms with Crippen molar-refractivity contribution in [2.24, 2.45) is 0 Å². The molecule has 1 aromatic rings. The second kappa shape index (κ2) is 9.39. The van der Waals surface area contributed by atoms with Crippen LogP contribution in [0.3, 0.4) is 0 Å². The second-order valence-electron chi connectivity index (χ2n) is 4.10. The number of hydrogen-bond acceptors (Lipinski definition) is 3. The van der Waals surface area contributed by atoms with E-state index in [1.54, 1.807) is 11.8 Å². The van der Waals surface area contributed by atoms with E-state index >= 15 is 0 Å². The van der Waals surface area contributed by atoms with Crippen LogP contribution in [0.25, 0.3) is 0 Å². The topological polar surface area (TPSA) is 38.3 Å². The number of thioether (sulfide) groups is 1. The molecule has 0 aliphatic rings. The van der Waals surface area contributed by atoms with Crippen LogP contribution >= 0.6 is 27.7 Å². The second-order valence-corrected chi connectivity index (χ2v) is 6.03. The Morgan fingerprint density at radius 3 is 2.95 bits per heavy atom. The number of nitrogens with one attached hydrogen (secondary N) is 1. The third kappa shape index (κ3) is 6.99. The molecule has 3 nitrogen and oxygen atoms in total. The van der Waals surface area contributed by atoms with E-state index in [1.165, 1.54) is 5.56 Å². The summed E-state index contributed by atoms with van der Waals surface area (Å²) in [7, 11) is 0. The van der Waals surface area contributed by atoms with Crippen LogP contribution in [0.4, 0.5) is 0 Å². The average molecular weight is 346 g/mol. The predicted molar refractivity (Wildman–Crippen MR) is 83.7 cm³/mol. The van der Waals surface area contributed by atoms with E-state index in [1.807, 2.05) is 26.0 Å². The summed E-state index contributed by atoms with van der Waals surface area (Å²) in [5.74, 6) is 0.528. The molecule has 0 aromatic heterocycles. The summed E-state index contributed by atoms with van der Waals surface area (Å²) >= 11 is 5.00. The first kappa shape index (κ1) is 16.5. The monoisotopic (exact) mass is 345 g/mol. The Balaban J connectivity index is 2.22. The molecule has 19 heavy (non-hydrogen) atoms. The highest BCUT2D eigenvalue weighted by atomic mass is 79.9. The minimum absolute atomic E-state index is 0.0730. The van der Waals surface area contributed by atoms with Gasteiger partial charge in [-0.1, -0.05) is 15.9 Å². The van der Waals surface area contributed by atoms with Crippen molar-refractivity contribution in [2.45, 2.75) is 25.2 Å². The summed E-state index contributed by atoms with van der Waals surface area (Å²) in [6.07, 6.45) is 0.863. The van der Waals surface area contributed by atoms with Gasteiger partial charge in [0.25, 0.3) is 0 Å². The number of rotatable bonds is 8. The number of ether oxygens (including phenoxy) is 1. The molecule has 1 aromatic carbocycles. The van der Waals surface area contributed by atoms with E-state index in [9.17, 15) is 4.79 Å². The summed E-state index contributed by atoms with van der Waals surface area (Å²) in [6.45, 7) is 6.13. The molecule has 0 saturated heterocycles. The lowest BCUT2D eigenvalue weighted by Crippen LogP contribution is -2.26. The van der Waals surface area contributed by atoms with Crippen LogP contribution in [-0.2, 0) is 9.53 Å². The number of halogens is 1. The van der Waals surface area contributed by atoms with Crippen LogP contribution in [0.2, 0.25) is 0 Å². The van der Waals surface area contributed by atoms with Gasteiger partial charge in [-0.05, 0) is 44.0 Å². The first-order valence-electron chi connectivity index (χ1n) is 6.37. The third-order valence-electron chi connectivity index (χ3n) is 2.49. The normalized spacial score (nSPS) is 10.5. The molecule has 1 N–H and O–H groups in total. The third-order valence-corrected chi connectivity index (χ3v) is 4.16. The van der Waals surface area contributed by atoms with Crippen LogP contribution in [-0.4, -0.2) is 31.4 Å². The average Bonchev–Trinajstić information content (AvgIpc) is 2.37. The predicted octanol–water partition coefficient (Wildman–Crippen LogP) is 3.39. The molecular weight excluding hydrogens is 326 g/mol. The van der Waals surface area contributed by atoms with E-state index in [4.69, 9.17) is 4.74 Å². The van der Waals surface area contributed by atoms with E-state index in [-0.39, 0.29) is 5.91 Å². The molecule has 0 aliphatic heterocycles. The van der Waals surface area contributed by atoms with Gasteiger partial charge in [-0.3, -0.25) is 4.79 Å². The van der Waals surface area contributed by atoms with Gasteiger partial charge in [-0.15, -0.1) is 11.8 Å². The zero-order valence-electron chi connectivity index (χ0n) is 11.4. The Labute approximate surface area is 127 Å². The number of amides is 1. The van der Waals surface area contributed by atoms with Gasteiger partial charge in [-0.25, -0.2) is 0 Å². The molecule has 0 spiro atoms. The summed E-state index contributed by atoms with van der Waals surface area (Å²) < 4.78 is 6.28. The molecule has 5 heteroatoms. The maximum absolute atomic E-state index is 11.6. The van der Waals surface area contributed by atoms with Crippen LogP contribution in [0.1, 0.15) is 18.9 Å². The molecule has 0 radical (unpaired) electrons. The van der Waals surface area contributed by atoms with Crippen molar-refractivity contribution in [3.05, 3.63) is 28.2 Å². The maximum atomic E-state index is 11.6. The lowest BCUT2D eigenvalue weighted by Gasteiger charge is -2.07. The Kier molecular flexibility index (Phi) is 8.18. The fourth-order valence-corrected chi connectivity index (χ4v) is 2.83. The first-order chi connectivity index (χ1) is 9.13. The molecule has 0 heterocycles. The number of hydrogen-bond donors (Lipinski definition) is 1. The number of benzene rings is 1. The number of carbonyl (C=O) groups excluding carboxylic acids is 1. The van der Waals surface area contributed by atoms with Crippen molar-refractivity contribution in [3.8, 4) is 0 Å². The van der Waals surface area contributed by atoms with Gasteiger partial charge in [-0.2, -0.15) is 0 Å². The molecule has 0 fully saturated rings. The van der Waals surface area contributed by atoms with Crippen LogP contribution in [0.5, 0.6) is 0 Å². The Bertz CT molecular complexity index is 412. The minimum atomic E-state index is 0.0730. The lowest BCUT2D eigenvalue weighted by molar-refractivity contribution is -0.118. The summed E-state index contributed by atoms with van der Waals surface area (Å²) in [5, 5.41) is 2.89. The van der Waals surface area contributed by atoms with E-state index in [2.05, 4.69) is 27.3 Å². The molecule has 0 saturated carbocycles. The zero-order valence-corrected chi connectivity index (χ0v) is 13.8.